The maximum absolute atomic E-state index is 5.48. The average molecular weight is 262 g/mol. The summed E-state index contributed by atoms with van der Waals surface area (Å²) in [6, 6.07) is 8.50. The molecule has 2 rings (SSSR count). The highest BCUT2D eigenvalue weighted by Crippen LogP contribution is 2.27. The molecule has 3 nitrogen and oxygen atoms in total. The molecule has 1 heterocycles. The molecule has 106 valence electrons. The molecule has 19 heavy (non-hydrogen) atoms. The van der Waals surface area contributed by atoms with Crippen molar-refractivity contribution in [3.05, 3.63) is 24.3 Å². The van der Waals surface area contributed by atoms with Crippen LogP contribution in [0.4, 0.5) is 5.69 Å². The molecule has 1 aromatic carbocycles. The van der Waals surface area contributed by atoms with Gasteiger partial charge in [-0.1, -0.05) is 6.92 Å². The number of benzene rings is 1. The molecule has 1 aromatic rings. The van der Waals surface area contributed by atoms with E-state index in [0.29, 0.717) is 0 Å². The van der Waals surface area contributed by atoms with Gasteiger partial charge in [-0.25, -0.2) is 0 Å². The summed E-state index contributed by atoms with van der Waals surface area (Å²) in [4.78, 5) is 2.49. The van der Waals surface area contributed by atoms with Crippen LogP contribution in [0.2, 0.25) is 0 Å². The van der Waals surface area contributed by atoms with Crippen LogP contribution in [0, 0.1) is 5.92 Å². The molecule has 1 saturated heterocycles. The van der Waals surface area contributed by atoms with Crippen LogP contribution in [0.1, 0.15) is 26.7 Å². The van der Waals surface area contributed by atoms with Gasteiger partial charge in [0.05, 0.1) is 6.61 Å². The number of nitrogens with one attached hydrogen (secondary N) is 1. The molecule has 1 unspecified atom stereocenters. The minimum absolute atomic E-state index is 0.732. The zero-order chi connectivity index (χ0) is 13.5. The minimum atomic E-state index is 0.732. The zero-order valence-corrected chi connectivity index (χ0v) is 12.2. The molecule has 1 N–H and O–H groups in total. The summed E-state index contributed by atoms with van der Waals surface area (Å²) in [5.41, 5.74) is 1.33. The van der Waals surface area contributed by atoms with Gasteiger partial charge in [0.2, 0.25) is 0 Å². The quantitative estimate of drug-likeness (QED) is 0.765. The third kappa shape index (κ3) is 4.13. The smallest absolute Gasteiger partial charge is 0.119 e. The Morgan fingerprint density at radius 3 is 2.74 bits per heavy atom. The van der Waals surface area contributed by atoms with Gasteiger partial charge in [-0.05, 0) is 63.0 Å². The monoisotopic (exact) mass is 262 g/mol. The Kier molecular flexibility index (Phi) is 5.52. The van der Waals surface area contributed by atoms with Crippen molar-refractivity contribution < 1.29 is 4.74 Å². The van der Waals surface area contributed by atoms with Gasteiger partial charge < -0.3 is 15.0 Å². The second-order valence-electron chi connectivity index (χ2n) is 5.17. The third-order valence-electron chi connectivity index (χ3n) is 3.78. The summed E-state index contributed by atoms with van der Waals surface area (Å²) in [6.07, 6.45) is 2.61. The van der Waals surface area contributed by atoms with E-state index in [0.717, 1.165) is 31.4 Å². The van der Waals surface area contributed by atoms with E-state index < -0.39 is 0 Å². The van der Waals surface area contributed by atoms with Crippen molar-refractivity contribution in [3.63, 3.8) is 0 Å². The van der Waals surface area contributed by atoms with E-state index in [-0.39, 0.29) is 0 Å². The van der Waals surface area contributed by atoms with Crippen LogP contribution in [-0.4, -0.2) is 32.8 Å². The van der Waals surface area contributed by atoms with Gasteiger partial charge in [0, 0.05) is 18.8 Å². The standard InChI is InChI=1S/C16H26N2O/c1-3-17-11-9-14-10-12-18(13-14)15-5-7-16(8-6-15)19-4-2/h5-8,14,17H,3-4,9-13H2,1-2H3. The van der Waals surface area contributed by atoms with Crippen LogP contribution in [0.3, 0.4) is 0 Å². The first-order chi connectivity index (χ1) is 9.33. The lowest BCUT2D eigenvalue weighted by Crippen LogP contribution is -2.22. The molecule has 0 amide bonds. The minimum Gasteiger partial charge on any atom is -0.494 e. The molecule has 0 aromatic heterocycles. The van der Waals surface area contributed by atoms with Gasteiger partial charge in [-0.3, -0.25) is 0 Å². The molecule has 0 bridgehead atoms. The van der Waals surface area contributed by atoms with Gasteiger partial charge in [0.25, 0.3) is 0 Å². The second kappa shape index (κ2) is 7.39. The van der Waals surface area contributed by atoms with Crippen LogP contribution >= 0.6 is 0 Å². The Hall–Kier alpha value is -1.22. The first kappa shape index (κ1) is 14.2. The molecular weight excluding hydrogens is 236 g/mol. The van der Waals surface area contributed by atoms with Gasteiger partial charge >= 0.3 is 0 Å². The number of nitrogens with zero attached hydrogens (tertiary/aromatic N) is 1. The van der Waals surface area contributed by atoms with Crippen molar-refractivity contribution in [3.8, 4) is 5.75 Å². The largest absolute Gasteiger partial charge is 0.494 e. The fourth-order valence-corrected chi connectivity index (χ4v) is 2.71. The van der Waals surface area contributed by atoms with Crippen LogP contribution in [-0.2, 0) is 0 Å². The molecule has 1 aliphatic heterocycles. The number of rotatable bonds is 7. The lowest BCUT2D eigenvalue weighted by molar-refractivity contribution is 0.340. The highest BCUT2D eigenvalue weighted by molar-refractivity contribution is 5.49. The van der Waals surface area contributed by atoms with E-state index >= 15 is 0 Å². The van der Waals surface area contributed by atoms with Crippen molar-refractivity contribution in [2.45, 2.75) is 26.7 Å². The Morgan fingerprint density at radius 1 is 1.26 bits per heavy atom. The molecular formula is C16H26N2O. The Morgan fingerprint density at radius 2 is 2.05 bits per heavy atom. The van der Waals surface area contributed by atoms with Crippen molar-refractivity contribution >= 4 is 5.69 Å². The van der Waals surface area contributed by atoms with Gasteiger partial charge in [0.1, 0.15) is 5.75 Å². The molecule has 0 radical (unpaired) electrons. The number of hydrogen-bond acceptors (Lipinski definition) is 3. The lowest BCUT2D eigenvalue weighted by Gasteiger charge is -2.19. The van der Waals surface area contributed by atoms with Gasteiger partial charge in [-0.2, -0.15) is 0 Å². The molecule has 1 aliphatic rings. The summed E-state index contributed by atoms with van der Waals surface area (Å²) in [7, 11) is 0. The van der Waals surface area contributed by atoms with E-state index in [1.807, 2.05) is 6.92 Å². The summed E-state index contributed by atoms with van der Waals surface area (Å²) in [5, 5.41) is 3.42. The van der Waals surface area contributed by atoms with Crippen LogP contribution in [0.5, 0.6) is 5.75 Å². The van der Waals surface area contributed by atoms with E-state index in [4.69, 9.17) is 4.74 Å². The van der Waals surface area contributed by atoms with Crippen molar-refractivity contribution in [2.75, 3.05) is 37.7 Å². The number of hydrogen-bond donors (Lipinski definition) is 1. The van der Waals surface area contributed by atoms with Gasteiger partial charge in [-0.15, -0.1) is 0 Å². The maximum atomic E-state index is 5.48. The van der Waals surface area contributed by atoms with Crippen LogP contribution < -0.4 is 15.0 Å². The number of ether oxygens (including phenoxy) is 1. The zero-order valence-electron chi connectivity index (χ0n) is 12.2. The van der Waals surface area contributed by atoms with E-state index in [1.165, 1.54) is 31.6 Å². The SMILES string of the molecule is CCNCCC1CCN(c2ccc(OCC)cc2)C1. The molecule has 0 aliphatic carbocycles. The fraction of sp³-hybridized carbons (Fsp3) is 0.625. The Balaban J connectivity index is 1.82. The molecule has 1 fully saturated rings. The van der Waals surface area contributed by atoms with E-state index in [9.17, 15) is 0 Å². The molecule has 0 spiro atoms. The molecule has 0 saturated carbocycles. The summed E-state index contributed by atoms with van der Waals surface area (Å²) >= 11 is 0. The highest BCUT2D eigenvalue weighted by Gasteiger charge is 2.22. The lowest BCUT2D eigenvalue weighted by atomic mass is 10.1. The predicted molar refractivity (Wildman–Crippen MR) is 81.1 cm³/mol. The summed E-state index contributed by atoms with van der Waals surface area (Å²) in [6.45, 7) is 9.53. The molecule has 3 heteroatoms. The first-order valence-electron chi connectivity index (χ1n) is 7.52. The van der Waals surface area contributed by atoms with Crippen molar-refractivity contribution in [2.24, 2.45) is 5.92 Å². The third-order valence-corrected chi connectivity index (χ3v) is 3.78. The maximum Gasteiger partial charge on any atom is 0.119 e. The Bertz CT molecular complexity index is 364. The first-order valence-corrected chi connectivity index (χ1v) is 7.52. The Labute approximate surface area is 116 Å². The predicted octanol–water partition coefficient (Wildman–Crippen LogP) is 2.91. The molecule has 1 atom stereocenters. The fourth-order valence-electron chi connectivity index (χ4n) is 2.71. The summed E-state index contributed by atoms with van der Waals surface area (Å²) < 4.78 is 5.48. The van der Waals surface area contributed by atoms with E-state index in [1.54, 1.807) is 0 Å². The van der Waals surface area contributed by atoms with Crippen molar-refractivity contribution in [1.82, 2.24) is 5.32 Å². The topological polar surface area (TPSA) is 24.5 Å². The van der Waals surface area contributed by atoms with Crippen LogP contribution in [0.15, 0.2) is 24.3 Å². The van der Waals surface area contributed by atoms with Gasteiger partial charge in [0.15, 0.2) is 0 Å². The normalized spacial score (nSPS) is 18.8. The van der Waals surface area contributed by atoms with Crippen molar-refractivity contribution in [1.29, 1.82) is 0 Å². The number of anilines is 1. The summed E-state index contributed by atoms with van der Waals surface area (Å²) in [5.74, 6) is 1.81. The van der Waals surface area contributed by atoms with Crippen LogP contribution in [0.25, 0.3) is 0 Å². The average Bonchev–Trinajstić information content (AvgIpc) is 2.89. The van der Waals surface area contributed by atoms with E-state index in [2.05, 4.69) is 41.4 Å². The highest BCUT2D eigenvalue weighted by atomic mass is 16.5. The second-order valence-corrected chi connectivity index (χ2v) is 5.17.